The van der Waals surface area contributed by atoms with Crippen LogP contribution in [0.3, 0.4) is 0 Å². The number of ether oxygens (including phenoxy) is 1. The summed E-state index contributed by atoms with van der Waals surface area (Å²) < 4.78 is 77.0. The first kappa shape index (κ1) is 18.2. The van der Waals surface area contributed by atoms with E-state index in [0.29, 0.717) is 23.1 Å². The number of benzene rings is 2. The monoisotopic (exact) mass is 388 g/mol. The second-order valence-corrected chi connectivity index (χ2v) is 5.87. The van der Waals surface area contributed by atoms with Crippen LogP contribution < -0.4 is 4.74 Å². The molecule has 0 saturated heterocycles. The number of nitrogens with zero attached hydrogens (tertiary/aromatic N) is 2. The molecule has 10 heteroatoms. The highest BCUT2D eigenvalue weighted by molar-refractivity contribution is 7.98. The number of halogens is 5. The van der Waals surface area contributed by atoms with Gasteiger partial charge in [0.05, 0.1) is 7.11 Å². The average molecular weight is 388 g/mol. The first-order chi connectivity index (χ1) is 12.4. The molecule has 0 spiro atoms. The Bertz CT molecular complexity index is 918. The zero-order valence-electron chi connectivity index (χ0n) is 13.0. The van der Waals surface area contributed by atoms with Crippen LogP contribution in [0.25, 0.3) is 11.5 Å². The first-order valence-corrected chi connectivity index (χ1v) is 8.02. The molecule has 0 aliphatic carbocycles. The maximum Gasteiger partial charge on any atom is 0.277 e. The van der Waals surface area contributed by atoms with E-state index in [1.807, 2.05) is 0 Å². The molecule has 0 amide bonds. The lowest BCUT2D eigenvalue weighted by atomic mass is 10.2. The Balaban J connectivity index is 1.78. The van der Waals surface area contributed by atoms with Crippen molar-refractivity contribution < 1.29 is 31.1 Å². The van der Waals surface area contributed by atoms with Crippen molar-refractivity contribution in [1.29, 1.82) is 0 Å². The third-order valence-corrected chi connectivity index (χ3v) is 4.23. The molecule has 3 rings (SSSR count). The van der Waals surface area contributed by atoms with Gasteiger partial charge in [0, 0.05) is 16.9 Å². The molecule has 1 aromatic heterocycles. The molecule has 3 aromatic rings. The summed E-state index contributed by atoms with van der Waals surface area (Å²) in [5, 5.41) is 7.37. The maximum atomic E-state index is 13.6. The van der Waals surface area contributed by atoms with E-state index >= 15 is 0 Å². The van der Waals surface area contributed by atoms with E-state index in [9.17, 15) is 22.0 Å². The van der Waals surface area contributed by atoms with Crippen molar-refractivity contribution in [3.05, 3.63) is 58.9 Å². The second-order valence-electron chi connectivity index (χ2n) is 4.94. The predicted octanol–water partition coefficient (Wildman–Crippen LogP) is 4.73. The number of aromatic nitrogens is 2. The molecule has 0 atom stereocenters. The van der Waals surface area contributed by atoms with Gasteiger partial charge in [-0.3, -0.25) is 0 Å². The molecule has 0 bridgehead atoms. The third-order valence-electron chi connectivity index (χ3n) is 3.38. The summed E-state index contributed by atoms with van der Waals surface area (Å²) in [4.78, 5) is 0. The Morgan fingerprint density at radius 1 is 0.885 bits per heavy atom. The van der Waals surface area contributed by atoms with Gasteiger partial charge in [0.2, 0.25) is 11.7 Å². The zero-order chi connectivity index (χ0) is 18.8. The fourth-order valence-electron chi connectivity index (χ4n) is 2.03. The maximum absolute atomic E-state index is 13.6. The van der Waals surface area contributed by atoms with Crippen LogP contribution in [0.15, 0.2) is 33.9 Å². The van der Waals surface area contributed by atoms with Gasteiger partial charge in [-0.15, -0.1) is 10.2 Å². The van der Waals surface area contributed by atoms with E-state index in [-0.39, 0.29) is 11.1 Å². The highest BCUT2D eigenvalue weighted by atomic mass is 32.2. The van der Waals surface area contributed by atoms with Crippen molar-refractivity contribution in [3.8, 4) is 17.2 Å². The van der Waals surface area contributed by atoms with Crippen molar-refractivity contribution in [2.24, 2.45) is 0 Å². The molecule has 0 aliphatic heterocycles. The van der Waals surface area contributed by atoms with Crippen LogP contribution in [0.2, 0.25) is 0 Å². The van der Waals surface area contributed by atoms with Gasteiger partial charge in [0.15, 0.2) is 23.3 Å². The largest absolute Gasteiger partial charge is 0.497 e. The van der Waals surface area contributed by atoms with Gasteiger partial charge in [-0.05, 0) is 24.3 Å². The number of hydrogen-bond donors (Lipinski definition) is 0. The van der Waals surface area contributed by atoms with Gasteiger partial charge in [-0.2, -0.15) is 0 Å². The first-order valence-electron chi connectivity index (χ1n) is 7.03. The molecular weight excluding hydrogens is 379 g/mol. The van der Waals surface area contributed by atoms with Crippen LogP contribution in [0.5, 0.6) is 5.75 Å². The Morgan fingerprint density at radius 2 is 1.46 bits per heavy atom. The smallest absolute Gasteiger partial charge is 0.277 e. The molecule has 26 heavy (non-hydrogen) atoms. The molecule has 0 radical (unpaired) electrons. The Kier molecular flexibility index (Phi) is 5.12. The fourth-order valence-corrected chi connectivity index (χ4v) is 2.79. The van der Waals surface area contributed by atoms with E-state index in [1.165, 1.54) is 7.11 Å². The van der Waals surface area contributed by atoms with Crippen LogP contribution in [0, 0.1) is 29.1 Å². The lowest BCUT2D eigenvalue weighted by Gasteiger charge is -2.06. The molecule has 0 N–H and O–H groups in total. The second kappa shape index (κ2) is 7.32. The van der Waals surface area contributed by atoms with E-state index in [4.69, 9.17) is 9.15 Å². The molecule has 0 aliphatic rings. The molecular formula is C16H9F5N2O2S. The summed E-state index contributed by atoms with van der Waals surface area (Å²) in [5.41, 5.74) is -0.392. The third kappa shape index (κ3) is 3.36. The summed E-state index contributed by atoms with van der Waals surface area (Å²) in [6.45, 7) is 0. The van der Waals surface area contributed by atoms with Crippen molar-refractivity contribution in [1.82, 2.24) is 10.2 Å². The Morgan fingerprint density at radius 3 is 2.04 bits per heavy atom. The highest BCUT2D eigenvalue weighted by Crippen LogP contribution is 2.30. The Hall–Kier alpha value is -2.62. The van der Waals surface area contributed by atoms with E-state index in [1.54, 1.807) is 24.3 Å². The fraction of sp³-hybridized carbons (Fsp3) is 0.125. The van der Waals surface area contributed by atoms with E-state index in [0.717, 1.165) is 0 Å². The van der Waals surface area contributed by atoms with Crippen LogP contribution in [-0.2, 0) is 5.75 Å². The van der Waals surface area contributed by atoms with Crippen LogP contribution in [0.4, 0.5) is 22.0 Å². The quantitative estimate of drug-likeness (QED) is 0.274. The topological polar surface area (TPSA) is 48.2 Å². The SMILES string of the molecule is COc1ccc(-c2nnc(SCc3c(F)c(F)c(F)c(F)c3F)o2)cc1. The summed E-state index contributed by atoms with van der Waals surface area (Å²) >= 11 is 0.648. The highest BCUT2D eigenvalue weighted by Gasteiger charge is 2.26. The summed E-state index contributed by atoms with van der Waals surface area (Å²) in [5.74, 6) is -9.79. The van der Waals surface area contributed by atoms with Crippen LogP contribution in [-0.4, -0.2) is 17.3 Å². The summed E-state index contributed by atoms with van der Waals surface area (Å²) in [6.07, 6.45) is 0. The lowest BCUT2D eigenvalue weighted by Crippen LogP contribution is -2.06. The minimum Gasteiger partial charge on any atom is -0.497 e. The average Bonchev–Trinajstić information content (AvgIpc) is 3.14. The van der Waals surface area contributed by atoms with E-state index in [2.05, 4.69) is 10.2 Å². The molecule has 0 unspecified atom stereocenters. The van der Waals surface area contributed by atoms with Gasteiger partial charge >= 0.3 is 0 Å². The van der Waals surface area contributed by atoms with E-state index < -0.39 is 40.4 Å². The predicted molar refractivity (Wildman–Crippen MR) is 82.1 cm³/mol. The van der Waals surface area contributed by atoms with Gasteiger partial charge in [-0.25, -0.2) is 22.0 Å². The molecule has 4 nitrogen and oxygen atoms in total. The molecule has 1 heterocycles. The molecule has 0 saturated carbocycles. The van der Waals surface area contributed by atoms with Crippen molar-refractivity contribution in [2.75, 3.05) is 7.11 Å². The van der Waals surface area contributed by atoms with Crippen LogP contribution in [0.1, 0.15) is 5.56 Å². The van der Waals surface area contributed by atoms with Crippen molar-refractivity contribution in [3.63, 3.8) is 0 Å². The molecule has 2 aromatic carbocycles. The molecule has 0 fully saturated rings. The molecule has 136 valence electrons. The van der Waals surface area contributed by atoms with Crippen molar-refractivity contribution >= 4 is 11.8 Å². The van der Waals surface area contributed by atoms with Crippen molar-refractivity contribution in [2.45, 2.75) is 11.0 Å². The zero-order valence-corrected chi connectivity index (χ0v) is 13.8. The number of rotatable bonds is 5. The lowest BCUT2D eigenvalue weighted by molar-refractivity contribution is 0.372. The minimum absolute atomic E-state index is 0.0836. The van der Waals surface area contributed by atoms with Gasteiger partial charge in [0.1, 0.15) is 5.75 Å². The normalized spacial score (nSPS) is 11.0. The van der Waals surface area contributed by atoms with Crippen LogP contribution >= 0.6 is 11.8 Å². The number of hydrogen-bond acceptors (Lipinski definition) is 5. The van der Waals surface area contributed by atoms with Gasteiger partial charge in [0.25, 0.3) is 5.22 Å². The van der Waals surface area contributed by atoms with Gasteiger partial charge < -0.3 is 9.15 Å². The minimum atomic E-state index is -2.20. The number of thioether (sulfide) groups is 1. The summed E-state index contributed by atoms with van der Waals surface area (Å²) in [7, 11) is 1.51. The van der Waals surface area contributed by atoms with Gasteiger partial charge in [-0.1, -0.05) is 11.8 Å². The summed E-state index contributed by atoms with van der Waals surface area (Å²) in [6, 6.07) is 6.65. The Labute approximate surface area is 148 Å². The standard InChI is InChI=1S/C16H9F5N2O2S/c1-24-8-4-2-7(3-5-8)15-22-23-16(25-15)26-6-9-10(17)12(19)14(21)13(20)11(9)18/h2-5H,6H2,1H3. The number of methoxy groups -OCH3 is 1.